The van der Waals surface area contributed by atoms with E-state index >= 15 is 0 Å². The molecule has 3 nitrogen and oxygen atoms in total. The van der Waals surface area contributed by atoms with Crippen molar-refractivity contribution in [2.75, 3.05) is 6.54 Å². The molecular formula is C14H21ClN2O. The highest BCUT2D eigenvalue weighted by molar-refractivity contribution is 6.31. The van der Waals surface area contributed by atoms with Crippen molar-refractivity contribution in [3.63, 3.8) is 0 Å². The number of rotatable bonds is 6. The van der Waals surface area contributed by atoms with E-state index in [1.807, 2.05) is 45.0 Å². The van der Waals surface area contributed by atoms with Gasteiger partial charge >= 0.3 is 0 Å². The largest absolute Gasteiger partial charge is 0.355 e. The van der Waals surface area contributed by atoms with Gasteiger partial charge in [0.05, 0.1) is 6.04 Å². The van der Waals surface area contributed by atoms with E-state index in [1.165, 1.54) is 0 Å². The van der Waals surface area contributed by atoms with Crippen molar-refractivity contribution in [2.45, 2.75) is 39.3 Å². The molecule has 0 fully saturated rings. The van der Waals surface area contributed by atoms with Crippen molar-refractivity contribution in [3.8, 4) is 0 Å². The van der Waals surface area contributed by atoms with Crippen molar-refractivity contribution >= 4 is 17.5 Å². The monoisotopic (exact) mass is 268 g/mol. The number of halogens is 1. The smallest absolute Gasteiger partial charge is 0.236 e. The molecule has 18 heavy (non-hydrogen) atoms. The first-order chi connectivity index (χ1) is 8.56. The number of hydrogen-bond donors (Lipinski definition) is 2. The molecule has 0 aliphatic carbocycles. The van der Waals surface area contributed by atoms with Crippen LogP contribution in [-0.2, 0) is 4.79 Å². The van der Waals surface area contributed by atoms with Gasteiger partial charge in [-0.05, 0) is 31.9 Å². The van der Waals surface area contributed by atoms with Crippen LogP contribution in [0.4, 0.5) is 0 Å². The zero-order valence-corrected chi connectivity index (χ0v) is 11.9. The Morgan fingerprint density at radius 2 is 2.00 bits per heavy atom. The first kappa shape index (κ1) is 15.0. The maximum atomic E-state index is 11.7. The summed E-state index contributed by atoms with van der Waals surface area (Å²) in [6.07, 6.45) is 0.943. The van der Waals surface area contributed by atoms with E-state index in [0.717, 1.165) is 17.0 Å². The number of amides is 1. The Morgan fingerprint density at radius 3 is 2.61 bits per heavy atom. The molecular weight excluding hydrogens is 248 g/mol. The summed E-state index contributed by atoms with van der Waals surface area (Å²) in [5.74, 6) is 0.0238. The number of carbonyl (C=O) groups excluding carboxylic acids is 1. The zero-order valence-electron chi connectivity index (χ0n) is 11.2. The van der Waals surface area contributed by atoms with Gasteiger partial charge in [-0.3, -0.25) is 10.1 Å². The number of benzene rings is 1. The molecule has 1 rings (SSSR count). The third kappa shape index (κ3) is 4.31. The Morgan fingerprint density at radius 1 is 1.33 bits per heavy atom. The van der Waals surface area contributed by atoms with Crippen molar-refractivity contribution in [3.05, 3.63) is 34.9 Å². The van der Waals surface area contributed by atoms with Crippen LogP contribution < -0.4 is 10.6 Å². The molecule has 0 bridgehead atoms. The van der Waals surface area contributed by atoms with Gasteiger partial charge in [-0.1, -0.05) is 36.7 Å². The fourth-order valence-corrected chi connectivity index (χ4v) is 2.07. The van der Waals surface area contributed by atoms with Crippen LogP contribution in [0, 0.1) is 0 Å². The first-order valence-corrected chi connectivity index (χ1v) is 6.72. The van der Waals surface area contributed by atoms with Gasteiger partial charge in [-0.2, -0.15) is 0 Å². The quantitative estimate of drug-likeness (QED) is 0.833. The van der Waals surface area contributed by atoms with Crippen molar-refractivity contribution < 1.29 is 4.79 Å². The normalized spacial score (nSPS) is 14.0. The summed E-state index contributed by atoms with van der Waals surface area (Å²) < 4.78 is 0. The summed E-state index contributed by atoms with van der Waals surface area (Å²) in [6.45, 7) is 6.61. The minimum atomic E-state index is -0.233. The zero-order chi connectivity index (χ0) is 13.5. The number of carbonyl (C=O) groups is 1. The lowest BCUT2D eigenvalue weighted by Gasteiger charge is -2.20. The molecule has 1 aromatic rings. The van der Waals surface area contributed by atoms with Gasteiger partial charge in [-0.25, -0.2) is 0 Å². The van der Waals surface area contributed by atoms with Gasteiger partial charge in [0.1, 0.15) is 0 Å². The van der Waals surface area contributed by atoms with Gasteiger partial charge in [0.15, 0.2) is 0 Å². The summed E-state index contributed by atoms with van der Waals surface area (Å²) in [4.78, 5) is 11.7. The summed E-state index contributed by atoms with van der Waals surface area (Å²) in [6, 6.07) is 7.48. The summed E-state index contributed by atoms with van der Waals surface area (Å²) in [5, 5.41) is 6.84. The van der Waals surface area contributed by atoms with E-state index in [4.69, 9.17) is 11.6 Å². The molecule has 2 atom stereocenters. The molecule has 0 spiro atoms. The molecule has 1 unspecified atom stereocenters. The molecule has 0 saturated heterocycles. The number of nitrogens with one attached hydrogen (secondary N) is 2. The Labute approximate surface area is 114 Å². The van der Waals surface area contributed by atoms with E-state index in [9.17, 15) is 4.79 Å². The SMILES string of the molecule is CCCNC(=O)C(C)N[C@H](C)c1ccccc1Cl. The highest BCUT2D eigenvalue weighted by Crippen LogP contribution is 2.22. The van der Waals surface area contributed by atoms with Gasteiger partial charge in [-0.15, -0.1) is 0 Å². The van der Waals surface area contributed by atoms with Gasteiger partial charge in [0.2, 0.25) is 5.91 Å². The van der Waals surface area contributed by atoms with E-state index in [0.29, 0.717) is 6.54 Å². The lowest BCUT2D eigenvalue weighted by molar-refractivity contribution is -0.122. The Bertz CT molecular complexity index is 395. The molecule has 0 saturated carbocycles. The highest BCUT2D eigenvalue weighted by atomic mass is 35.5. The molecule has 2 N–H and O–H groups in total. The molecule has 1 aromatic carbocycles. The Kier molecular flexibility index (Phi) is 6.16. The maximum Gasteiger partial charge on any atom is 0.236 e. The van der Waals surface area contributed by atoms with E-state index in [-0.39, 0.29) is 18.0 Å². The second-order valence-electron chi connectivity index (χ2n) is 4.42. The standard InChI is InChI=1S/C14H21ClN2O/c1-4-9-16-14(18)11(3)17-10(2)12-7-5-6-8-13(12)15/h5-8,10-11,17H,4,9H2,1-3H3,(H,16,18)/t10-,11?/m1/s1. The molecule has 1 amide bonds. The number of hydrogen-bond acceptors (Lipinski definition) is 2. The molecule has 0 aliphatic rings. The van der Waals surface area contributed by atoms with Crippen LogP contribution >= 0.6 is 11.6 Å². The summed E-state index contributed by atoms with van der Waals surface area (Å²) in [5.41, 5.74) is 1.01. The fraction of sp³-hybridized carbons (Fsp3) is 0.500. The van der Waals surface area contributed by atoms with E-state index < -0.39 is 0 Å². The predicted molar refractivity (Wildman–Crippen MR) is 75.8 cm³/mol. The average molecular weight is 269 g/mol. The minimum absolute atomic E-state index is 0.0238. The van der Waals surface area contributed by atoms with Gasteiger partial charge < -0.3 is 5.32 Å². The Hall–Kier alpha value is -1.06. The summed E-state index contributed by atoms with van der Waals surface area (Å²) in [7, 11) is 0. The predicted octanol–water partition coefficient (Wildman–Crippen LogP) is 2.91. The highest BCUT2D eigenvalue weighted by Gasteiger charge is 2.16. The lowest BCUT2D eigenvalue weighted by Crippen LogP contribution is -2.43. The molecule has 0 heterocycles. The molecule has 0 aliphatic heterocycles. The molecule has 100 valence electrons. The Balaban J connectivity index is 2.57. The van der Waals surface area contributed by atoms with Crippen LogP contribution in [-0.4, -0.2) is 18.5 Å². The van der Waals surface area contributed by atoms with Crippen LogP contribution in [0.5, 0.6) is 0 Å². The minimum Gasteiger partial charge on any atom is -0.355 e. The van der Waals surface area contributed by atoms with Crippen molar-refractivity contribution in [2.24, 2.45) is 0 Å². The first-order valence-electron chi connectivity index (χ1n) is 6.34. The fourth-order valence-electron chi connectivity index (χ4n) is 1.77. The van der Waals surface area contributed by atoms with Crippen LogP contribution in [0.2, 0.25) is 5.02 Å². The second kappa shape index (κ2) is 7.39. The van der Waals surface area contributed by atoms with Crippen LogP contribution in [0.3, 0.4) is 0 Å². The maximum absolute atomic E-state index is 11.7. The van der Waals surface area contributed by atoms with Crippen molar-refractivity contribution in [1.29, 1.82) is 0 Å². The van der Waals surface area contributed by atoms with Gasteiger partial charge in [0.25, 0.3) is 0 Å². The van der Waals surface area contributed by atoms with E-state index in [1.54, 1.807) is 0 Å². The van der Waals surface area contributed by atoms with Crippen molar-refractivity contribution in [1.82, 2.24) is 10.6 Å². The topological polar surface area (TPSA) is 41.1 Å². The van der Waals surface area contributed by atoms with E-state index in [2.05, 4.69) is 10.6 Å². The van der Waals surface area contributed by atoms with Crippen LogP contribution in [0.25, 0.3) is 0 Å². The third-order valence-electron chi connectivity index (χ3n) is 2.81. The molecule has 0 radical (unpaired) electrons. The average Bonchev–Trinajstić information content (AvgIpc) is 2.36. The third-order valence-corrected chi connectivity index (χ3v) is 3.16. The molecule has 0 aromatic heterocycles. The van der Waals surface area contributed by atoms with Gasteiger partial charge in [0, 0.05) is 17.6 Å². The van der Waals surface area contributed by atoms with Crippen LogP contribution in [0.1, 0.15) is 38.8 Å². The summed E-state index contributed by atoms with van der Waals surface area (Å²) >= 11 is 6.13. The lowest BCUT2D eigenvalue weighted by atomic mass is 10.1. The van der Waals surface area contributed by atoms with Crippen LogP contribution in [0.15, 0.2) is 24.3 Å². The second-order valence-corrected chi connectivity index (χ2v) is 4.83. The molecule has 4 heteroatoms.